The Hall–Kier alpha value is -1.25. The summed E-state index contributed by atoms with van der Waals surface area (Å²) in [5.74, 6) is 0. The highest BCUT2D eigenvalue weighted by Crippen LogP contribution is 2.36. The van der Waals surface area contributed by atoms with E-state index < -0.39 is 11.2 Å². The van der Waals surface area contributed by atoms with Gasteiger partial charge in [0, 0.05) is 28.7 Å². The third-order valence-corrected chi connectivity index (χ3v) is 7.35. The van der Waals surface area contributed by atoms with Crippen LogP contribution in [0.15, 0.2) is 52.3 Å². The Morgan fingerprint density at radius 3 is 2.11 bits per heavy atom. The van der Waals surface area contributed by atoms with E-state index in [2.05, 4.69) is 37.3 Å². The van der Waals surface area contributed by atoms with E-state index in [1.54, 1.807) is 0 Å². The maximum atomic E-state index is 12.9. The molecule has 2 aromatic carbocycles. The van der Waals surface area contributed by atoms with Gasteiger partial charge in [0.25, 0.3) is 0 Å². The molecule has 1 aliphatic heterocycles. The molecule has 0 radical (unpaired) electrons. The van der Waals surface area contributed by atoms with Crippen molar-refractivity contribution in [2.75, 3.05) is 0 Å². The molecule has 0 N–H and O–H groups in total. The zero-order valence-electron chi connectivity index (χ0n) is 16.8. The Kier molecular flexibility index (Phi) is 8.29. The second-order valence-electron chi connectivity index (χ2n) is 7.88. The highest BCUT2D eigenvalue weighted by Gasteiger charge is 2.29. The van der Waals surface area contributed by atoms with Crippen molar-refractivity contribution in [1.82, 2.24) is 0 Å². The van der Waals surface area contributed by atoms with Crippen molar-refractivity contribution in [2.24, 2.45) is 0 Å². The molecule has 0 aromatic heterocycles. The Morgan fingerprint density at radius 2 is 1.37 bits per heavy atom. The van der Waals surface area contributed by atoms with Gasteiger partial charge in [-0.15, -0.1) is 0 Å². The summed E-state index contributed by atoms with van der Waals surface area (Å²) in [5, 5.41) is 0. The second-order valence-corrected chi connectivity index (χ2v) is 9.30. The fourth-order valence-corrected chi connectivity index (χ4v) is 5.61. The van der Waals surface area contributed by atoms with Crippen molar-refractivity contribution in [3.05, 3.63) is 59.2 Å². The number of rotatable bonds is 11. The molecule has 1 aliphatic rings. The van der Waals surface area contributed by atoms with Crippen LogP contribution in [0.25, 0.3) is 0 Å². The third-order valence-electron chi connectivity index (χ3n) is 5.77. The molecule has 1 unspecified atom stereocenters. The molecule has 1 atom stereocenters. The van der Waals surface area contributed by atoms with Gasteiger partial charge < -0.3 is 4.55 Å². The van der Waals surface area contributed by atoms with Crippen LogP contribution in [0.3, 0.4) is 0 Å². The van der Waals surface area contributed by atoms with Gasteiger partial charge in [-0.3, -0.25) is 0 Å². The lowest BCUT2D eigenvalue weighted by Crippen LogP contribution is -2.16. The number of hydrogen-bond acceptors (Lipinski definition) is 1. The molecule has 27 heavy (non-hydrogen) atoms. The summed E-state index contributed by atoms with van der Waals surface area (Å²) in [6.07, 6.45) is 15.8. The van der Waals surface area contributed by atoms with Gasteiger partial charge in [-0.05, 0) is 30.5 Å². The lowest BCUT2D eigenvalue weighted by Gasteiger charge is -2.23. The lowest BCUT2D eigenvalue weighted by molar-refractivity contribution is 0.556. The Balaban J connectivity index is 1.44. The topological polar surface area (TPSA) is 23.1 Å². The summed E-state index contributed by atoms with van der Waals surface area (Å²) in [6, 6.07) is 14.6. The van der Waals surface area contributed by atoms with Gasteiger partial charge in [0.15, 0.2) is 9.79 Å². The average molecular weight is 383 g/mol. The summed E-state index contributed by atoms with van der Waals surface area (Å²) in [5.41, 5.74) is 3.97. The van der Waals surface area contributed by atoms with Gasteiger partial charge in [-0.1, -0.05) is 95.0 Å². The molecule has 146 valence electrons. The van der Waals surface area contributed by atoms with Crippen LogP contribution < -0.4 is 0 Å². The molecule has 1 heterocycles. The van der Waals surface area contributed by atoms with Crippen LogP contribution in [-0.2, 0) is 24.0 Å². The van der Waals surface area contributed by atoms with Gasteiger partial charge >= 0.3 is 0 Å². The number of hydrogen-bond donors (Lipinski definition) is 0. The molecule has 0 saturated carbocycles. The minimum absolute atomic E-state index is 0.936. The summed E-state index contributed by atoms with van der Waals surface area (Å²) in [4.78, 5) is 2.04. The van der Waals surface area contributed by atoms with E-state index in [1.165, 1.54) is 80.9 Å². The van der Waals surface area contributed by atoms with Gasteiger partial charge in [0.05, 0.1) is 0 Å². The van der Waals surface area contributed by atoms with Gasteiger partial charge in [0.1, 0.15) is 0 Å². The minimum atomic E-state index is -1.02. The van der Waals surface area contributed by atoms with Gasteiger partial charge in [-0.2, -0.15) is 0 Å². The molecule has 2 aromatic rings. The first-order chi connectivity index (χ1) is 13.3. The molecule has 0 bridgehead atoms. The normalized spacial score (nSPS) is 15.4. The molecule has 0 saturated heterocycles. The van der Waals surface area contributed by atoms with E-state index in [9.17, 15) is 4.55 Å². The smallest absolute Gasteiger partial charge is 0.162 e. The minimum Gasteiger partial charge on any atom is -0.606 e. The summed E-state index contributed by atoms with van der Waals surface area (Å²) in [6.45, 7) is 2.28. The van der Waals surface area contributed by atoms with Crippen molar-refractivity contribution < 1.29 is 4.55 Å². The molecule has 0 fully saturated rings. The second kappa shape index (κ2) is 10.9. The number of fused-ring (bicyclic) bond motifs is 2. The Bertz CT molecular complexity index is 709. The van der Waals surface area contributed by atoms with Crippen LogP contribution in [0.2, 0.25) is 0 Å². The number of aryl methyl sites for hydroxylation is 1. The van der Waals surface area contributed by atoms with E-state index in [0.29, 0.717) is 0 Å². The first-order valence-corrected chi connectivity index (χ1v) is 12.1. The van der Waals surface area contributed by atoms with E-state index in [4.69, 9.17) is 0 Å². The van der Waals surface area contributed by atoms with E-state index >= 15 is 0 Å². The fraction of sp³-hybridized carbons (Fsp3) is 0.520. The van der Waals surface area contributed by atoms with Crippen molar-refractivity contribution in [3.63, 3.8) is 0 Å². The SMILES string of the molecule is CCCCCCCCCCCCc1cccc2c1Cc1ccccc1[S+]2[O-]. The molecule has 2 heteroatoms. The zero-order valence-corrected chi connectivity index (χ0v) is 17.7. The number of unbranched alkanes of at least 4 members (excludes halogenated alkanes) is 9. The largest absolute Gasteiger partial charge is 0.606 e. The quantitative estimate of drug-likeness (QED) is 0.297. The van der Waals surface area contributed by atoms with E-state index in [1.807, 2.05) is 12.1 Å². The standard InChI is InChI=1S/C25H34OS/c1-2-3-4-5-6-7-8-9-10-11-15-21-17-14-19-25-23(21)20-22-16-12-13-18-24(22)27(25)26/h12-14,16-19H,2-11,15,20H2,1H3. The van der Waals surface area contributed by atoms with Crippen molar-refractivity contribution in [2.45, 2.75) is 93.8 Å². The first kappa shape index (κ1) is 20.5. The monoisotopic (exact) mass is 382 g/mol. The lowest BCUT2D eigenvalue weighted by atomic mass is 9.95. The molecular weight excluding hydrogens is 348 g/mol. The summed E-state index contributed by atoms with van der Waals surface area (Å²) < 4.78 is 12.9. The molecule has 0 amide bonds. The molecule has 3 rings (SSSR count). The Labute approximate surface area is 168 Å². The van der Waals surface area contributed by atoms with Gasteiger partial charge in [0.2, 0.25) is 0 Å². The fourth-order valence-electron chi connectivity index (χ4n) is 4.16. The number of benzene rings is 2. The van der Waals surface area contributed by atoms with Crippen molar-refractivity contribution in [1.29, 1.82) is 0 Å². The maximum Gasteiger partial charge on any atom is 0.162 e. The maximum absolute atomic E-state index is 12.9. The average Bonchev–Trinajstić information content (AvgIpc) is 2.70. The van der Waals surface area contributed by atoms with Crippen molar-refractivity contribution >= 4 is 11.2 Å². The zero-order chi connectivity index (χ0) is 18.9. The molecule has 1 nitrogen and oxygen atoms in total. The molecule has 0 aliphatic carbocycles. The van der Waals surface area contributed by atoms with Gasteiger partial charge in [-0.25, -0.2) is 0 Å². The molecular formula is C25H34OS. The van der Waals surface area contributed by atoms with Crippen LogP contribution in [0.4, 0.5) is 0 Å². The predicted molar refractivity (Wildman–Crippen MR) is 116 cm³/mol. The van der Waals surface area contributed by atoms with Crippen LogP contribution in [-0.4, -0.2) is 4.55 Å². The highest BCUT2D eigenvalue weighted by atomic mass is 32.2. The van der Waals surface area contributed by atoms with Crippen LogP contribution in [0.1, 0.15) is 87.8 Å². The highest BCUT2D eigenvalue weighted by molar-refractivity contribution is 7.91. The van der Waals surface area contributed by atoms with E-state index in [0.717, 1.165) is 22.6 Å². The van der Waals surface area contributed by atoms with Crippen LogP contribution in [0, 0.1) is 0 Å². The summed E-state index contributed by atoms with van der Waals surface area (Å²) >= 11 is -1.02. The molecule has 0 spiro atoms. The van der Waals surface area contributed by atoms with Crippen LogP contribution in [0.5, 0.6) is 0 Å². The van der Waals surface area contributed by atoms with Crippen LogP contribution >= 0.6 is 0 Å². The predicted octanol–water partition coefficient (Wildman–Crippen LogP) is 7.22. The summed E-state index contributed by atoms with van der Waals surface area (Å²) in [7, 11) is 0. The first-order valence-electron chi connectivity index (χ1n) is 10.9. The van der Waals surface area contributed by atoms with E-state index in [-0.39, 0.29) is 0 Å². The third kappa shape index (κ3) is 5.62. The van der Waals surface area contributed by atoms with Crippen molar-refractivity contribution in [3.8, 4) is 0 Å². The Morgan fingerprint density at radius 1 is 0.741 bits per heavy atom.